The molecule has 0 saturated carbocycles. The van der Waals surface area contributed by atoms with Crippen molar-refractivity contribution >= 4 is 23.3 Å². The zero-order valence-electron chi connectivity index (χ0n) is 16.3. The van der Waals surface area contributed by atoms with Gasteiger partial charge in [-0.3, -0.25) is 4.79 Å². The molecule has 0 aliphatic carbocycles. The van der Waals surface area contributed by atoms with E-state index in [1.807, 2.05) is 30.6 Å². The maximum atomic E-state index is 13.6. The molecule has 2 atom stereocenters. The Morgan fingerprint density at radius 3 is 2.70 bits per heavy atom. The third-order valence-electron chi connectivity index (χ3n) is 6.00. The van der Waals surface area contributed by atoms with E-state index in [0.29, 0.717) is 54.0 Å². The molecule has 7 nitrogen and oxygen atoms in total. The number of fused-ring (bicyclic) bond motifs is 2. The van der Waals surface area contributed by atoms with Crippen LogP contribution in [0.4, 0.5) is 5.82 Å². The summed E-state index contributed by atoms with van der Waals surface area (Å²) in [6.07, 6.45) is 0.150. The Kier molecular flexibility index (Phi) is 4.52. The fraction of sp³-hybridized carbons (Fsp3) is 0.684. The number of β-amino-alcohol motifs (C(OH)–C–C–N with tert-alkyl or cyclic N) is 1. The lowest BCUT2D eigenvalue weighted by atomic mass is 10.00. The third kappa shape index (κ3) is 3.05. The summed E-state index contributed by atoms with van der Waals surface area (Å²) in [6, 6.07) is 0.00635. The number of carbonyl (C=O) groups is 1. The van der Waals surface area contributed by atoms with Crippen LogP contribution < -0.4 is 9.64 Å². The highest BCUT2D eigenvalue weighted by atomic mass is 35.5. The number of piperazine rings is 1. The molecule has 1 N–H and O–H groups in total. The first-order valence-electron chi connectivity index (χ1n) is 9.47. The number of nitrogens with zero attached hydrogens (tertiary/aromatic N) is 4. The summed E-state index contributed by atoms with van der Waals surface area (Å²) in [5.41, 5.74) is 0.841. The zero-order valence-corrected chi connectivity index (χ0v) is 17.1. The lowest BCUT2D eigenvalue weighted by Crippen LogP contribution is -2.55. The van der Waals surface area contributed by atoms with Crippen molar-refractivity contribution in [3.05, 3.63) is 16.3 Å². The maximum absolute atomic E-state index is 13.6. The maximum Gasteiger partial charge on any atom is 0.261 e. The predicted molar refractivity (Wildman–Crippen MR) is 104 cm³/mol. The molecule has 0 radical (unpaired) electrons. The molecule has 8 heteroatoms. The highest BCUT2D eigenvalue weighted by molar-refractivity contribution is 6.30. The molecule has 4 heterocycles. The highest BCUT2D eigenvalue weighted by Gasteiger charge is 2.44. The lowest BCUT2D eigenvalue weighted by molar-refractivity contribution is 0.0442. The number of ether oxygens (including phenoxy) is 1. The molecule has 27 heavy (non-hydrogen) atoms. The van der Waals surface area contributed by atoms with Crippen LogP contribution in [0.3, 0.4) is 0 Å². The van der Waals surface area contributed by atoms with Gasteiger partial charge in [0.1, 0.15) is 28.9 Å². The summed E-state index contributed by atoms with van der Waals surface area (Å²) in [5.74, 6) is 0.996. The van der Waals surface area contributed by atoms with Crippen LogP contribution in [0.25, 0.3) is 0 Å². The van der Waals surface area contributed by atoms with E-state index in [1.165, 1.54) is 0 Å². The van der Waals surface area contributed by atoms with Gasteiger partial charge in [-0.15, -0.1) is 0 Å². The smallest absolute Gasteiger partial charge is 0.261 e. The first-order chi connectivity index (χ1) is 12.7. The van der Waals surface area contributed by atoms with Gasteiger partial charge in [-0.25, -0.2) is 4.98 Å². The van der Waals surface area contributed by atoms with Gasteiger partial charge in [0.25, 0.3) is 5.91 Å². The number of aliphatic hydroxyl groups excluding tert-OH is 1. The fourth-order valence-electron chi connectivity index (χ4n) is 4.51. The normalized spacial score (nSPS) is 27.9. The number of aromatic nitrogens is 1. The van der Waals surface area contributed by atoms with E-state index in [9.17, 15) is 9.90 Å². The van der Waals surface area contributed by atoms with Crippen LogP contribution in [0.1, 0.15) is 36.2 Å². The molecule has 0 aromatic carbocycles. The number of anilines is 1. The Hall–Kier alpha value is -1.57. The molecule has 148 valence electrons. The van der Waals surface area contributed by atoms with E-state index >= 15 is 0 Å². The molecule has 3 aliphatic heterocycles. The quantitative estimate of drug-likeness (QED) is 0.729. The molecule has 1 amide bonds. The van der Waals surface area contributed by atoms with E-state index < -0.39 is 6.10 Å². The van der Waals surface area contributed by atoms with Crippen LogP contribution in [-0.4, -0.2) is 83.3 Å². The van der Waals surface area contributed by atoms with E-state index in [0.717, 1.165) is 13.1 Å². The standard InChI is InChI=1S/C19H27ClN4O3/c1-11-15-14(18(26)23-6-5-22(4)8-12(23)10-27-15)17(21-16(11)20)24-9-13(25)7-19(24,2)3/h12-13,25H,5-10H2,1-4H3/t12-,13?/m1/s1. The molecule has 1 unspecified atom stereocenters. The number of hydrogen-bond donors (Lipinski definition) is 1. The molecule has 4 rings (SSSR count). The Bertz CT molecular complexity index is 785. The van der Waals surface area contributed by atoms with E-state index in [2.05, 4.69) is 16.9 Å². The molecule has 0 bridgehead atoms. The van der Waals surface area contributed by atoms with Crippen molar-refractivity contribution in [3.63, 3.8) is 0 Å². The Morgan fingerprint density at radius 1 is 1.30 bits per heavy atom. The molecule has 2 fully saturated rings. The van der Waals surface area contributed by atoms with Gasteiger partial charge in [-0.05, 0) is 34.2 Å². The highest BCUT2D eigenvalue weighted by Crippen LogP contribution is 2.42. The van der Waals surface area contributed by atoms with Crippen molar-refractivity contribution in [1.82, 2.24) is 14.8 Å². The first-order valence-corrected chi connectivity index (χ1v) is 9.85. The van der Waals surface area contributed by atoms with Crippen LogP contribution in [0, 0.1) is 6.92 Å². The van der Waals surface area contributed by atoms with Gasteiger partial charge in [-0.2, -0.15) is 0 Å². The average Bonchev–Trinajstić information content (AvgIpc) is 2.78. The van der Waals surface area contributed by atoms with Crippen LogP contribution in [0.5, 0.6) is 5.75 Å². The molecule has 0 spiro atoms. The Balaban J connectivity index is 1.85. The second-order valence-electron chi connectivity index (χ2n) is 8.56. The van der Waals surface area contributed by atoms with Crippen molar-refractivity contribution in [2.75, 3.05) is 44.7 Å². The second kappa shape index (κ2) is 6.50. The molecule has 1 aromatic heterocycles. The van der Waals surface area contributed by atoms with Crippen molar-refractivity contribution in [2.24, 2.45) is 0 Å². The number of halogens is 1. The number of rotatable bonds is 1. The summed E-state index contributed by atoms with van der Waals surface area (Å²) in [4.78, 5) is 24.3. The van der Waals surface area contributed by atoms with Gasteiger partial charge in [-0.1, -0.05) is 11.6 Å². The first kappa shape index (κ1) is 18.8. The van der Waals surface area contributed by atoms with Crippen molar-refractivity contribution < 1.29 is 14.6 Å². The molecule has 2 saturated heterocycles. The van der Waals surface area contributed by atoms with Gasteiger partial charge >= 0.3 is 0 Å². The van der Waals surface area contributed by atoms with Crippen LogP contribution >= 0.6 is 11.6 Å². The number of aliphatic hydroxyl groups is 1. The summed E-state index contributed by atoms with van der Waals surface area (Å²) in [7, 11) is 2.06. The monoisotopic (exact) mass is 394 g/mol. The van der Waals surface area contributed by atoms with Gasteiger partial charge in [0.05, 0.1) is 12.1 Å². The van der Waals surface area contributed by atoms with E-state index in [1.54, 1.807) is 0 Å². The Labute approximate surface area is 164 Å². The summed E-state index contributed by atoms with van der Waals surface area (Å²) < 4.78 is 6.14. The topological polar surface area (TPSA) is 69.1 Å². The van der Waals surface area contributed by atoms with Crippen LogP contribution in [-0.2, 0) is 0 Å². The van der Waals surface area contributed by atoms with Crippen molar-refractivity contribution in [3.8, 4) is 5.75 Å². The van der Waals surface area contributed by atoms with Gasteiger partial charge in [0.15, 0.2) is 0 Å². The molecule has 1 aromatic rings. The minimum absolute atomic E-state index is 0.00635. The average molecular weight is 395 g/mol. The number of likely N-dealkylation sites (N-methyl/N-ethyl adjacent to an activating group) is 1. The SMILES string of the molecule is Cc1c(Cl)nc(N2CC(O)CC2(C)C)c2c1OC[C@H]1CN(C)CCN1C2=O. The van der Waals surface area contributed by atoms with Crippen molar-refractivity contribution in [1.29, 1.82) is 0 Å². The van der Waals surface area contributed by atoms with Gasteiger partial charge in [0.2, 0.25) is 0 Å². The summed E-state index contributed by atoms with van der Waals surface area (Å²) in [5, 5.41) is 10.6. The van der Waals surface area contributed by atoms with E-state index in [-0.39, 0.29) is 17.5 Å². The predicted octanol–water partition coefficient (Wildman–Crippen LogP) is 1.54. The number of amides is 1. The van der Waals surface area contributed by atoms with Crippen LogP contribution in [0.2, 0.25) is 5.15 Å². The Morgan fingerprint density at radius 2 is 2.04 bits per heavy atom. The largest absolute Gasteiger partial charge is 0.490 e. The number of hydrogen-bond acceptors (Lipinski definition) is 6. The van der Waals surface area contributed by atoms with Crippen LogP contribution in [0.15, 0.2) is 0 Å². The van der Waals surface area contributed by atoms with Gasteiger partial charge in [0, 0.05) is 37.3 Å². The molecule has 3 aliphatic rings. The number of pyridine rings is 1. The lowest BCUT2D eigenvalue weighted by Gasteiger charge is -2.39. The van der Waals surface area contributed by atoms with E-state index in [4.69, 9.17) is 16.3 Å². The van der Waals surface area contributed by atoms with Gasteiger partial charge < -0.3 is 24.5 Å². The third-order valence-corrected chi connectivity index (χ3v) is 6.37. The summed E-state index contributed by atoms with van der Waals surface area (Å²) in [6.45, 7) is 9.07. The van der Waals surface area contributed by atoms with Crippen molar-refractivity contribution in [2.45, 2.75) is 44.9 Å². The molecular formula is C19H27ClN4O3. The molecular weight excluding hydrogens is 368 g/mol. The zero-order chi connectivity index (χ0) is 19.5. The minimum atomic E-state index is -0.462. The summed E-state index contributed by atoms with van der Waals surface area (Å²) >= 11 is 6.42. The number of carbonyl (C=O) groups excluding carboxylic acids is 1. The minimum Gasteiger partial charge on any atom is -0.490 e. The second-order valence-corrected chi connectivity index (χ2v) is 8.92. The fourth-order valence-corrected chi connectivity index (χ4v) is 4.68.